The second-order valence-electron chi connectivity index (χ2n) is 4.93. The van der Waals surface area contributed by atoms with Gasteiger partial charge in [-0.2, -0.15) is 0 Å². The van der Waals surface area contributed by atoms with Gasteiger partial charge in [0.1, 0.15) is 5.52 Å². The van der Waals surface area contributed by atoms with Gasteiger partial charge in [-0.05, 0) is 6.07 Å². The van der Waals surface area contributed by atoms with Crippen molar-refractivity contribution < 1.29 is 9.47 Å². The van der Waals surface area contributed by atoms with Gasteiger partial charge in [-0.25, -0.2) is 4.98 Å². The molecule has 2 aliphatic heterocycles. The summed E-state index contributed by atoms with van der Waals surface area (Å²) in [7, 11) is 0. The molecule has 0 radical (unpaired) electrons. The minimum atomic E-state index is -0.311. The molecule has 0 saturated carbocycles. The fourth-order valence-corrected chi connectivity index (χ4v) is 3.71. The third kappa shape index (κ3) is 2.00. The van der Waals surface area contributed by atoms with E-state index in [9.17, 15) is 0 Å². The van der Waals surface area contributed by atoms with E-state index in [2.05, 4.69) is 14.9 Å². The molecule has 2 fully saturated rings. The molecule has 0 aliphatic carbocycles. The number of anilines is 1. The minimum absolute atomic E-state index is 0.311. The Kier molecular flexibility index (Phi) is 2.68. The molecule has 4 heterocycles. The Morgan fingerprint density at radius 2 is 2.00 bits per heavy atom. The molecule has 0 N–H and O–H groups in total. The molecule has 2 saturated heterocycles. The first-order chi connectivity index (χ1) is 9.35. The molecule has 6 heteroatoms. The van der Waals surface area contributed by atoms with Gasteiger partial charge in [0.15, 0.2) is 10.9 Å². The van der Waals surface area contributed by atoms with Crippen LogP contribution in [-0.2, 0) is 9.47 Å². The summed E-state index contributed by atoms with van der Waals surface area (Å²) in [6.45, 7) is 3.33. The summed E-state index contributed by atoms with van der Waals surface area (Å²) in [5.74, 6) is -0.311. The molecule has 0 aromatic carbocycles. The highest BCUT2D eigenvalue weighted by Gasteiger charge is 2.40. The molecule has 5 nitrogen and oxygen atoms in total. The van der Waals surface area contributed by atoms with Crippen LogP contribution < -0.4 is 4.90 Å². The van der Waals surface area contributed by atoms with Crippen molar-refractivity contribution in [1.29, 1.82) is 0 Å². The van der Waals surface area contributed by atoms with Crippen LogP contribution >= 0.6 is 11.3 Å². The minimum Gasteiger partial charge on any atom is -0.348 e. The monoisotopic (exact) mass is 277 g/mol. The van der Waals surface area contributed by atoms with Crippen LogP contribution in [0.2, 0.25) is 0 Å². The molecule has 100 valence electrons. The van der Waals surface area contributed by atoms with Crippen LogP contribution in [0.15, 0.2) is 18.5 Å². The highest BCUT2D eigenvalue weighted by atomic mass is 32.1. The van der Waals surface area contributed by atoms with Gasteiger partial charge in [-0.1, -0.05) is 11.3 Å². The first-order valence-corrected chi connectivity index (χ1v) is 7.40. The van der Waals surface area contributed by atoms with Gasteiger partial charge in [0, 0.05) is 32.1 Å². The van der Waals surface area contributed by atoms with Crippen LogP contribution in [0.4, 0.5) is 5.13 Å². The SMILES string of the molecule is c1cc2sc(N3CCC4(CC3)OCCO4)nc2cn1. The normalized spacial score (nSPS) is 22.4. The third-order valence-corrected chi connectivity index (χ3v) is 4.89. The largest absolute Gasteiger partial charge is 0.348 e. The number of hydrogen-bond acceptors (Lipinski definition) is 6. The molecule has 1 spiro atoms. The number of pyridine rings is 1. The summed E-state index contributed by atoms with van der Waals surface area (Å²) < 4.78 is 12.7. The predicted molar refractivity (Wildman–Crippen MR) is 73.5 cm³/mol. The highest BCUT2D eigenvalue weighted by molar-refractivity contribution is 7.22. The Balaban J connectivity index is 1.54. The Morgan fingerprint density at radius 1 is 1.21 bits per heavy atom. The van der Waals surface area contributed by atoms with E-state index in [0.717, 1.165) is 49.8 Å². The van der Waals surface area contributed by atoms with E-state index in [1.54, 1.807) is 11.3 Å². The van der Waals surface area contributed by atoms with Gasteiger partial charge >= 0.3 is 0 Å². The third-order valence-electron chi connectivity index (χ3n) is 3.79. The number of ether oxygens (including phenoxy) is 2. The maximum atomic E-state index is 5.75. The zero-order chi connectivity index (χ0) is 12.7. The second kappa shape index (κ2) is 4.40. The molecule has 2 aliphatic rings. The fraction of sp³-hybridized carbons (Fsp3) is 0.538. The second-order valence-corrected chi connectivity index (χ2v) is 5.94. The topological polar surface area (TPSA) is 47.5 Å². The lowest BCUT2D eigenvalue weighted by atomic mass is 10.0. The van der Waals surface area contributed by atoms with Gasteiger partial charge < -0.3 is 14.4 Å². The van der Waals surface area contributed by atoms with Gasteiger partial charge in [0.2, 0.25) is 0 Å². The van der Waals surface area contributed by atoms with Crippen molar-refractivity contribution >= 4 is 26.7 Å². The molecule has 0 amide bonds. The van der Waals surface area contributed by atoms with Crippen molar-refractivity contribution in [3.63, 3.8) is 0 Å². The molecular formula is C13H15N3O2S. The quantitative estimate of drug-likeness (QED) is 0.798. The molecule has 0 atom stereocenters. The van der Waals surface area contributed by atoms with Gasteiger partial charge in [-0.15, -0.1) is 0 Å². The van der Waals surface area contributed by atoms with Gasteiger partial charge in [0.25, 0.3) is 0 Å². The summed E-state index contributed by atoms with van der Waals surface area (Å²) in [6.07, 6.45) is 5.47. The van der Waals surface area contributed by atoms with Crippen molar-refractivity contribution in [2.24, 2.45) is 0 Å². The van der Waals surface area contributed by atoms with Crippen LogP contribution in [0.5, 0.6) is 0 Å². The highest BCUT2D eigenvalue weighted by Crippen LogP contribution is 2.35. The van der Waals surface area contributed by atoms with E-state index < -0.39 is 0 Å². The lowest BCUT2D eigenvalue weighted by molar-refractivity contribution is -0.169. The smallest absolute Gasteiger partial charge is 0.186 e. The lowest BCUT2D eigenvalue weighted by Crippen LogP contribution is -2.45. The number of fused-ring (bicyclic) bond motifs is 1. The predicted octanol–water partition coefficient (Wildman–Crippen LogP) is 2.03. The lowest BCUT2D eigenvalue weighted by Gasteiger charge is -2.37. The van der Waals surface area contributed by atoms with E-state index in [1.807, 2.05) is 18.5 Å². The summed E-state index contributed by atoms with van der Waals surface area (Å²) in [5, 5.41) is 1.08. The van der Waals surface area contributed by atoms with Crippen molar-refractivity contribution in [2.75, 3.05) is 31.2 Å². The van der Waals surface area contributed by atoms with E-state index >= 15 is 0 Å². The first kappa shape index (κ1) is 11.6. The van der Waals surface area contributed by atoms with Gasteiger partial charge in [-0.3, -0.25) is 4.98 Å². The van der Waals surface area contributed by atoms with Crippen molar-refractivity contribution in [3.05, 3.63) is 18.5 Å². The van der Waals surface area contributed by atoms with Crippen LogP contribution in [0.1, 0.15) is 12.8 Å². The van der Waals surface area contributed by atoms with Gasteiger partial charge in [0.05, 0.1) is 24.1 Å². The van der Waals surface area contributed by atoms with Crippen molar-refractivity contribution in [3.8, 4) is 0 Å². The molecule has 0 unspecified atom stereocenters. The van der Waals surface area contributed by atoms with E-state index in [0.29, 0.717) is 0 Å². The van der Waals surface area contributed by atoms with Crippen LogP contribution in [0, 0.1) is 0 Å². The molecule has 2 aromatic rings. The van der Waals surface area contributed by atoms with Crippen LogP contribution in [-0.4, -0.2) is 42.1 Å². The fourth-order valence-electron chi connectivity index (χ4n) is 2.73. The Hall–Kier alpha value is -1.24. The van der Waals surface area contributed by atoms with Crippen LogP contribution in [0.3, 0.4) is 0 Å². The Morgan fingerprint density at radius 3 is 2.74 bits per heavy atom. The number of aromatic nitrogens is 2. The number of hydrogen-bond donors (Lipinski definition) is 0. The van der Waals surface area contributed by atoms with E-state index in [4.69, 9.17) is 9.47 Å². The molecule has 2 aromatic heterocycles. The van der Waals surface area contributed by atoms with E-state index in [1.165, 1.54) is 4.70 Å². The number of piperidine rings is 1. The number of nitrogens with zero attached hydrogens (tertiary/aromatic N) is 3. The molecule has 0 bridgehead atoms. The Bertz CT molecular complexity index is 551. The number of thiazole rings is 1. The van der Waals surface area contributed by atoms with E-state index in [-0.39, 0.29) is 5.79 Å². The van der Waals surface area contributed by atoms with Crippen molar-refractivity contribution in [1.82, 2.24) is 9.97 Å². The standard InChI is InChI=1S/C13H15N3O2S/c1-4-14-9-10-11(1)19-12(15-10)16-5-2-13(3-6-16)17-7-8-18-13/h1,4,9H,2-3,5-8H2. The average molecular weight is 277 g/mol. The molecule has 19 heavy (non-hydrogen) atoms. The molecular weight excluding hydrogens is 262 g/mol. The first-order valence-electron chi connectivity index (χ1n) is 6.58. The van der Waals surface area contributed by atoms with Crippen LogP contribution in [0.25, 0.3) is 10.2 Å². The average Bonchev–Trinajstić information content (AvgIpc) is 3.06. The zero-order valence-corrected chi connectivity index (χ0v) is 11.4. The summed E-state index contributed by atoms with van der Waals surface area (Å²) in [4.78, 5) is 11.1. The summed E-state index contributed by atoms with van der Waals surface area (Å²) in [5.41, 5.74) is 0.983. The maximum Gasteiger partial charge on any atom is 0.186 e. The Labute approximate surface area is 115 Å². The summed E-state index contributed by atoms with van der Waals surface area (Å²) in [6, 6.07) is 2.02. The van der Waals surface area contributed by atoms with Crippen molar-refractivity contribution in [2.45, 2.75) is 18.6 Å². The molecule has 4 rings (SSSR count). The number of rotatable bonds is 1. The summed E-state index contributed by atoms with van der Waals surface area (Å²) >= 11 is 1.73. The zero-order valence-electron chi connectivity index (χ0n) is 10.5. The maximum absolute atomic E-state index is 5.75.